The number of carbonyl (C=O) groups is 2. The third-order valence-corrected chi connectivity index (χ3v) is 5.48. The van der Waals surface area contributed by atoms with Gasteiger partial charge in [-0.2, -0.15) is 0 Å². The summed E-state index contributed by atoms with van der Waals surface area (Å²) in [6.45, 7) is 7.09. The number of likely N-dealkylation sites (tertiary alicyclic amines) is 1. The van der Waals surface area contributed by atoms with Crippen molar-refractivity contribution in [3.8, 4) is 0 Å². The Morgan fingerprint density at radius 1 is 1.27 bits per heavy atom. The van der Waals surface area contributed by atoms with Crippen molar-refractivity contribution in [3.63, 3.8) is 0 Å². The molecule has 1 aliphatic carbocycles. The number of amides is 3. The lowest BCUT2D eigenvalue weighted by atomic mass is 10.1. The van der Waals surface area contributed by atoms with Gasteiger partial charge in [-0.05, 0) is 32.1 Å². The van der Waals surface area contributed by atoms with Crippen molar-refractivity contribution in [1.29, 1.82) is 0 Å². The van der Waals surface area contributed by atoms with Gasteiger partial charge in [0.15, 0.2) is 5.96 Å². The van der Waals surface area contributed by atoms with E-state index in [0.717, 1.165) is 37.9 Å². The van der Waals surface area contributed by atoms with Gasteiger partial charge in [-0.15, -0.1) is 0 Å². The Morgan fingerprint density at radius 2 is 2.08 bits per heavy atom. The Kier molecular flexibility index (Phi) is 6.71. The number of nitrogens with one attached hydrogen (secondary N) is 3. The van der Waals surface area contributed by atoms with E-state index in [9.17, 15) is 9.59 Å². The van der Waals surface area contributed by atoms with E-state index in [4.69, 9.17) is 0 Å². The topological polar surface area (TPSA) is 89.1 Å². The van der Waals surface area contributed by atoms with Crippen molar-refractivity contribution in [3.05, 3.63) is 0 Å². The summed E-state index contributed by atoms with van der Waals surface area (Å²) in [5.41, 5.74) is 0. The van der Waals surface area contributed by atoms with Crippen molar-refractivity contribution < 1.29 is 9.59 Å². The number of nitrogens with zero attached hydrogens (tertiary/aromatic N) is 3. The second-order valence-electron chi connectivity index (χ2n) is 7.50. The molecule has 3 aliphatic rings. The molecular formula is C18H32N6O2. The lowest BCUT2D eigenvalue weighted by Gasteiger charge is -2.21. The average Bonchev–Trinajstić information content (AvgIpc) is 3.34. The highest BCUT2D eigenvalue weighted by Crippen LogP contribution is 2.26. The standard InChI is InChI=1S/C18H32N6O2/c1-2-19-17(20-8-10-24-16(25)11-21-18(24)26)22-15-7-9-23(13-15)12-14-5-3-4-6-14/h14-15H,2-13H2,1H3,(H,21,26)(H2,19,20,22). The van der Waals surface area contributed by atoms with Gasteiger partial charge in [0, 0.05) is 32.2 Å². The predicted molar refractivity (Wildman–Crippen MR) is 101 cm³/mol. The molecule has 0 radical (unpaired) electrons. The Bertz CT molecular complexity index is 516. The van der Waals surface area contributed by atoms with Crippen LogP contribution in [-0.2, 0) is 4.79 Å². The van der Waals surface area contributed by atoms with Crippen molar-refractivity contribution in [2.24, 2.45) is 10.9 Å². The van der Waals surface area contributed by atoms with Crippen LogP contribution in [0.1, 0.15) is 39.0 Å². The minimum absolute atomic E-state index is 0.0970. The molecule has 0 aromatic carbocycles. The maximum absolute atomic E-state index is 11.6. The zero-order chi connectivity index (χ0) is 18.4. The van der Waals surface area contributed by atoms with Crippen LogP contribution in [0.2, 0.25) is 0 Å². The zero-order valence-corrected chi connectivity index (χ0v) is 15.8. The van der Waals surface area contributed by atoms with Crippen LogP contribution in [0.4, 0.5) is 4.79 Å². The summed E-state index contributed by atoms with van der Waals surface area (Å²) in [4.78, 5) is 31.5. The number of guanidine groups is 1. The predicted octanol–water partition coefficient (Wildman–Crippen LogP) is 0.358. The molecule has 3 amide bonds. The smallest absolute Gasteiger partial charge is 0.324 e. The van der Waals surface area contributed by atoms with Crippen molar-refractivity contribution in [2.45, 2.75) is 45.1 Å². The zero-order valence-electron chi connectivity index (χ0n) is 15.8. The molecule has 3 fully saturated rings. The van der Waals surface area contributed by atoms with E-state index in [1.165, 1.54) is 37.1 Å². The molecule has 0 aromatic rings. The summed E-state index contributed by atoms with van der Waals surface area (Å²) in [5, 5.41) is 9.30. The molecule has 8 heteroatoms. The lowest BCUT2D eigenvalue weighted by Crippen LogP contribution is -2.45. The highest BCUT2D eigenvalue weighted by Gasteiger charge is 2.28. The van der Waals surface area contributed by atoms with Crippen LogP contribution in [-0.4, -0.2) is 79.6 Å². The number of hydrogen-bond acceptors (Lipinski definition) is 4. The molecule has 1 saturated carbocycles. The summed E-state index contributed by atoms with van der Waals surface area (Å²) in [5.74, 6) is 1.48. The van der Waals surface area contributed by atoms with E-state index in [1.54, 1.807) is 0 Å². The molecule has 2 heterocycles. The van der Waals surface area contributed by atoms with Gasteiger partial charge in [-0.1, -0.05) is 12.8 Å². The van der Waals surface area contributed by atoms with E-state index in [0.29, 0.717) is 19.1 Å². The first-order valence-electron chi connectivity index (χ1n) is 10.0. The number of rotatable bonds is 7. The Balaban J connectivity index is 1.43. The van der Waals surface area contributed by atoms with Crippen molar-refractivity contribution in [2.75, 3.05) is 45.8 Å². The van der Waals surface area contributed by atoms with Crippen LogP contribution >= 0.6 is 0 Å². The quantitative estimate of drug-likeness (QED) is 0.345. The summed E-state index contributed by atoms with van der Waals surface area (Å²) < 4.78 is 0. The normalized spacial score (nSPS) is 25.2. The molecule has 0 spiro atoms. The number of hydrogen-bond donors (Lipinski definition) is 3. The van der Waals surface area contributed by atoms with Gasteiger partial charge in [-0.3, -0.25) is 14.7 Å². The first-order chi connectivity index (χ1) is 12.7. The van der Waals surface area contributed by atoms with Crippen LogP contribution in [0.5, 0.6) is 0 Å². The number of carbonyl (C=O) groups excluding carboxylic acids is 2. The number of urea groups is 1. The first kappa shape index (κ1) is 18.9. The van der Waals surface area contributed by atoms with Crippen LogP contribution < -0.4 is 16.0 Å². The molecule has 3 rings (SSSR count). The number of imide groups is 1. The van der Waals surface area contributed by atoms with E-state index >= 15 is 0 Å². The molecule has 3 N–H and O–H groups in total. The molecule has 8 nitrogen and oxygen atoms in total. The summed E-state index contributed by atoms with van der Waals surface area (Å²) in [7, 11) is 0. The maximum atomic E-state index is 11.6. The van der Waals surface area contributed by atoms with Gasteiger partial charge in [0.25, 0.3) is 0 Å². The Morgan fingerprint density at radius 3 is 2.77 bits per heavy atom. The Labute approximate surface area is 155 Å². The minimum atomic E-state index is -0.318. The first-order valence-corrected chi connectivity index (χ1v) is 10.0. The second kappa shape index (κ2) is 9.21. The van der Waals surface area contributed by atoms with E-state index in [-0.39, 0.29) is 18.5 Å². The van der Waals surface area contributed by atoms with Gasteiger partial charge >= 0.3 is 6.03 Å². The van der Waals surface area contributed by atoms with Crippen LogP contribution in [0.3, 0.4) is 0 Å². The van der Waals surface area contributed by atoms with Crippen LogP contribution in [0, 0.1) is 5.92 Å². The molecular weight excluding hydrogens is 332 g/mol. The fraction of sp³-hybridized carbons (Fsp3) is 0.833. The third kappa shape index (κ3) is 5.09. The second-order valence-corrected chi connectivity index (χ2v) is 7.50. The van der Waals surface area contributed by atoms with Gasteiger partial charge in [0.05, 0.1) is 19.6 Å². The fourth-order valence-electron chi connectivity index (χ4n) is 4.13. The molecule has 1 atom stereocenters. The highest BCUT2D eigenvalue weighted by atomic mass is 16.2. The van der Waals surface area contributed by atoms with Crippen molar-refractivity contribution in [1.82, 2.24) is 25.8 Å². The van der Waals surface area contributed by atoms with Crippen LogP contribution in [0.15, 0.2) is 4.99 Å². The molecule has 0 aromatic heterocycles. The average molecular weight is 364 g/mol. The largest absolute Gasteiger partial charge is 0.357 e. The highest BCUT2D eigenvalue weighted by molar-refractivity contribution is 6.01. The molecule has 146 valence electrons. The lowest BCUT2D eigenvalue weighted by molar-refractivity contribution is -0.124. The van der Waals surface area contributed by atoms with E-state index in [2.05, 4.69) is 25.8 Å². The van der Waals surface area contributed by atoms with E-state index < -0.39 is 0 Å². The minimum Gasteiger partial charge on any atom is -0.357 e. The maximum Gasteiger partial charge on any atom is 0.324 e. The Hall–Kier alpha value is -1.83. The molecule has 26 heavy (non-hydrogen) atoms. The van der Waals surface area contributed by atoms with Gasteiger partial charge in [-0.25, -0.2) is 4.79 Å². The third-order valence-electron chi connectivity index (χ3n) is 5.48. The molecule has 1 unspecified atom stereocenters. The summed E-state index contributed by atoms with van der Waals surface area (Å²) >= 11 is 0. The molecule has 2 aliphatic heterocycles. The van der Waals surface area contributed by atoms with Gasteiger partial charge < -0.3 is 20.9 Å². The summed E-state index contributed by atoms with van der Waals surface area (Å²) in [6.07, 6.45) is 6.71. The monoisotopic (exact) mass is 364 g/mol. The summed E-state index contributed by atoms with van der Waals surface area (Å²) in [6, 6.07) is 0.0902. The SMILES string of the molecule is CCNC(=NCCN1C(=O)CNC1=O)NC1CCN(CC2CCCC2)C1. The molecule has 0 bridgehead atoms. The molecule has 2 saturated heterocycles. The number of aliphatic imine (C=N–C) groups is 1. The van der Waals surface area contributed by atoms with E-state index in [1.807, 2.05) is 6.92 Å². The van der Waals surface area contributed by atoms with Crippen LogP contribution in [0.25, 0.3) is 0 Å². The van der Waals surface area contributed by atoms with Gasteiger partial charge in [0.1, 0.15) is 0 Å². The van der Waals surface area contributed by atoms with Crippen molar-refractivity contribution >= 4 is 17.9 Å². The fourth-order valence-corrected chi connectivity index (χ4v) is 4.13. The van der Waals surface area contributed by atoms with Gasteiger partial charge in [0.2, 0.25) is 5.91 Å².